The number of carbonyl (C=O) groups excluding carboxylic acids is 1. The Hall–Kier alpha value is -0.610. The summed E-state index contributed by atoms with van der Waals surface area (Å²) < 4.78 is 4.94. The van der Waals surface area contributed by atoms with Crippen LogP contribution >= 0.6 is 0 Å². The summed E-state index contributed by atoms with van der Waals surface area (Å²) in [7, 11) is 1.52. The van der Waals surface area contributed by atoms with E-state index in [9.17, 15) is 4.79 Å². The molecule has 0 radical (unpaired) electrons. The van der Waals surface area contributed by atoms with Gasteiger partial charge in [-0.15, -0.1) is 0 Å². The fraction of sp³-hybridized carbons (Fsp3) is 0.957. The lowest BCUT2D eigenvalue weighted by molar-refractivity contribution is -0.146. The molecule has 27 heavy (non-hydrogen) atoms. The second kappa shape index (κ2) is 10.8. The van der Waals surface area contributed by atoms with Gasteiger partial charge in [0.05, 0.1) is 13.0 Å². The zero-order valence-corrected chi connectivity index (χ0v) is 17.8. The van der Waals surface area contributed by atoms with Crippen LogP contribution in [-0.2, 0) is 9.53 Å². The highest BCUT2D eigenvalue weighted by Gasteiger charge is 2.35. The molecule has 2 aliphatic carbocycles. The summed E-state index contributed by atoms with van der Waals surface area (Å²) in [5.41, 5.74) is 0. The van der Waals surface area contributed by atoms with Crippen molar-refractivity contribution in [2.24, 2.45) is 17.8 Å². The van der Waals surface area contributed by atoms with Crippen LogP contribution in [0.2, 0.25) is 0 Å². The largest absolute Gasteiger partial charge is 0.469 e. The third-order valence-corrected chi connectivity index (χ3v) is 7.41. The highest BCUT2D eigenvalue weighted by atomic mass is 16.5. The first-order valence-corrected chi connectivity index (χ1v) is 11.8. The fourth-order valence-electron chi connectivity index (χ4n) is 5.91. The molecule has 0 aromatic heterocycles. The highest BCUT2D eigenvalue weighted by molar-refractivity contribution is 5.72. The first-order chi connectivity index (χ1) is 13.2. The monoisotopic (exact) mass is 378 g/mol. The molecule has 3 rings (SSSR count). The van der Waals surface area contributed by atoms with Crippen LogP contribution in [0.5, 0.6) is 0 Å². The van der Waals surface area contributed by atoms with Crippen LogP contribution in [0.25, 0.3) is 0 Å². The summed E-state index contributed by atoms with van der Waals surface area (Å²) in [6, 6.07) is 1.34. The number of methoxy groups -OCH3 is 1. The van der Waals surface area contributed by atoms with Crippen LogP contribution in [0.3, 0.4) is 0 Å². The SMILES string of the molecule is CCCN(CC1CCCCC1)CC1CCC(C2CCC(C(=O)OC)CC2)N1. The fourth-order valence-corrected chi connectivity index (χ4v) is 5.91. The van der Waals surface area contributed by atoms with Crippen LogP contribution in [0.4, 0.5) is 0 Å². The van der Waals surface area contributed by atoms with Crippen molar-refractivity contribution in [3.05, 3.63) is 0 Å². The van der Waals surface area contributed by atoms with Crippen molar-refractivity contribution in [2.75, 3.05) is 26.7 Å². The molecule has 156 valence electrons. The highest BCUT2D eigenvalue weighted by Crippen LogP contribution is 2.35. The molecule has 2 unspecified atom stereocenters. The number of hydrogen-bond donors (Lipinski definition) is 1. The van der Waals surface area contributed by atoms with Crippen LogP contribution < -0.4 is 5.32 Å². The Morgan fingerprint density at radius 2 is 1.70 bits per heavy atom. The van der Waals surface area contributed by atoms with Crippen LogP contribution in [0.15, 0.2) is 0 Å². The van der Waals surface area contributed by atoms with Crippen LogP contribution in [0, 0.1) is 17.8 Å². The number of nitrogens with zero attached hydrogens (tertiary/aromatic N) is 1. The number of hydrogen-bond acceptors (Lipinski definition) is 4. The van der Waals surface area contributed by atoms with Crippen LogP contribution in [0.1, 0.15) is 84.0 Å². The van der Waals surface area contributed by atoms with E-state index >= 15 is 0 Å². The van der Waals surface area contributed by atoms with E-state index in [-0.39, 0.29) is 11.9 Å². The Kier molecular flexibility index (Phi) is 8.45. The lowest BCUT2D eigenvalue weighted by Gasteiger charge is -2.33. The maximum Gasteiger partial charge on any atom is 0.308 e. The predicted molar refractivity (Wildman–Crippen MR) is 111 cm³/mol. The molecule has 1 N–H and O–H groups in total. The summed E-state index contributed by atoms with van der Waals surface area (Å²) in [4.78, 5) is 14.5. The molecule has 1 aliphatic heterocycles. The predicted octanol–water partition coefficient (Wildman–Crippen LogP) is 4.38. The number of esters is 1. The first-order valence-electron chi connectivity index (χ1n) is 11.8. The van der Waals surface area contributed by atoms with Crippen molar-refractivity contribution >= 4 is 5.97 Å². The van der Waals surface area contributed by atoms with Gasteiger partial charge in [-0.25, -0.2) is 0 Å². The van der Waals surface area contributed by atoms with E-state index < -0.39 is 0 Å². The smallest absolute Gasteiger partial charge is 0.308 e. The molecule has 2 atom stereocenters. The van der Waals surface area contributed by atoms with Gasteiger partial charge >= 0.3 is 5.97 Å². The molecule has 0 amide bonds. The van der Waals surface area contributed by atoms with Crippen molar-refractivity contribution in [3.8, 4) is 0 Å². The Morgan fingerprint density at radius 3 is 2.37 bits per heavy atom. The number of carbonyl (C=O) groups is 1. The van der Waals surface area contributed by atoms with Gasteiger partial charge in [0.2, 0.25) is 0 Å². The van der Waals surface area contributed by atoms with Crippen molar-refractivity contribution in [2.45, 2.75) is 96.1 Å². The minimum absolute atomic E-state index is 0.00336. The van der Waals surface area contributed by atoms with Gasteiger partial charge in [-0.05, 0) is 76.2 Å². The zero-order chi connectivity index (χ0) is 19.1. The van der Waals surface area contributed by atoms with E-state index in [0.717, 1.165) is 24.7 Å². The molecular weight excluding hydrogens is 336 g/mol. The Morgan fingerprint density at radius 1 is 0.963 bits per heavy atom. The van der Waals surface area contributed by atoms with Crippen molar-refractivity contribution in [1.29, 1.82) is 0 Å². The standard InChI is InChI=1S/C23H42N2O2/c1-3-15-25(16-18-7-5-4-6-8-18)17-21-13-14-22(24-21)19-9-11-20(12-10-19)23(26)27-2/h18-22,24H,3-17H2,1-2H3. The average Bonchev–Trinajstić information content (AvgIpc) is 3.17. The molecule has 4 nitrogen and oxygen atoms in total. The normalized spacial score (nSPS) is 32.7. The summed E-state index contributed by atoms with van der Waals surface area (Å²) >= 11 is 0. The van der Waals surface area contributed by atoms with Crippen molar-refractivity contribution in [3.63, 3.8) is 0 Å². The number of rotatable bonds is 8. The lowest BCUT2D eigenvalue weighted by atomic mass is 9.78. The van der Waals surface area contributed by atoms with Gasteiger partial charge in [-0.1, -0.05) is 26.2 Å². The molecule has 0 spiro atoms. The third kappa shape index (κ3) is 6.19. The summed E-state index contributed by atoms with van der Waals surface area (Å²) in [6.45, 7) is 6.13. The maximum atomic E-state index is 11.7. The lowest BCUT2D eigenvalue weighted by Crippen LogP contribution is -2.44. The molecule has 0 bridgehead atoms. The molecule has 0 aromatic rings. The second-order valence-corrected chi connectivity index (χ2v) is 9.45. The molecular formula is C23H42N2O2. The Balaban J connectivity index is 1.42. The van der Waals surface area contributed by atoms with E-state index in [1.807, 2.05) is 0 Å². The molecule has 1 saturated heterocycles. The minimum Gasteiger partial charge on any atom is -0.469 e. The molecule has 2 saturated carbocycles. The van der Waals surface area contributed by atoms with Gasteiger partial charge in [-0.2, -0.15) is 0 Å². The van der Waals surface area contributed by atoms with Gasteiger partial charge in [0.15, 0.2) is 0 Å². The molecule has 1 heterocycles. The molecule has 4 heteroatoms. The summed E-state index contributed by atoms with van der Waals surface area (Å²) in [5, 5.41) is 3.99. The van der Waals surface area contributed by atoms with Crippen LogP contribution in [-0.4, -0.2) is 49.7 Å². The number of ether oxygens (including phenoxy) is 1. The molecule has 3 fully saturated rings. The quantitative estimate of drug-likeness (QED) is 0.637. The van der Waals surface area contributed by atoms with Gasteiger partial charge < -0.3 is 15.0 Å². The topological polar surface area (TPSA) is 41.6 Å². The Bertz CT molecular complexity index is 442. The molecule has 0 aromatic carbocycles. The average molecular weight is 379 g/mol. The van der Waals surface area contributed by atoms with E-state index in [2.05, 4.69) is 17.1 Å². The van der Waals surface area contributed by atoms with E-state index in [1.165, 1.54) is 91.0 Å². The first kappa shape index (κ1) is 21.1. The maximum absolute atomic E-state index is 11.7. The third-order valence-electron chi connectivity index (χ3n) is 7.41. The van der Waals surface area contributed by atoms with Crippen molar-refractivity contribution in [1.82, 2.24) is 10.2 Å². The van der Waals surface area contributed by atoms with Gasteiger partial charge in [0, 0.05) is 25.2 Å². The Labute approximate surface area is 166 Å². The molecule has 3 aliphatic rings. The van der Waals surface area contributed by atoms with Gasteiger partial charge in [0.1, 0.15) is 0 Å². The summed E-state index contributed by atoms with van der Waals surface area (Å²) in [5.74, 6) is 1.85. The van der Waals surface area contributed by atoms with E-state index in [4.69, 9.17) is 4.74 Å². The minimum atomic E-state index is 0.00336. The van der Waals surface area contributed by atoms with E-state index in [0.29, 0.717) is 12.1 Å². The van der Waals surface area contributed by atoms with Crippen molar-refractivity contribution < 1.29 is 9.53 Å². The van der Waals surface area contributed by atoms with Gasteiger partial charge in [0.25, 0.3) is 0 Å². The van der Waals surface area contributed by atoms with E-state index in [1.54, 1.807) is 0 Å². The van der Waals surface area contributed by atoms with Gasteiger partial charge in [-0.3, -0.25) is 4.79 Å². The summed E-state index contributed by atoms with van der Waals surface area (Å²) in [6.07, 6.45) is 15.6. The number of nitrogens with one attached hydrogen (secondary N) is 1. The zero-order valence-electron chi connectivity index (χ0n) is 17.8. The second-order valence-electron chi connectivity index (χ2n) is 9.45.